The number of nitrogens with zero attached hydrogens (tertiary/aromatic N) is 2. The highest BCUT2D eigenvalue weighted by molar-refractivity contribution is 9.10. The number of ether oxygens (including phenoxy) is 1. The molecule has 2 aromatic carbocycles. The van der Waals surface area contributed by atoms with E-state index in [2.05, 4.69) is 21.2 Å². The van der Waals surface area contributed by atoms with Crippen LogP contribution in [0.3, 0.4) is 0 Å². The van der Waals surface area contributed by atoms with E-state index in [1.165, 1.54) is 0 Å². The minimum absolute atomic E-state index is 0.309. The Hall–Kier alpha value is -2.47. The van der Waals surface area contributed by atoms with Crippen molar-refractivity contribution in [3.63, 3.8) is 0 Å². The molecule has 0 aromatic heterocycles. The van der Waals surface area contributed by atoms with Crippen LogP contribution < -0.4 is 10.3 Å². The van der Waals surface area contributed by atoms with Crippen molar-refractivity contribution in [2.45, 2.75) is 26.1 Å². The molecule has 0 bridgehead atoms. The molecule has 0 spiro atoms. The second kappa shape index (κ2) is 7.83. The maximum Gasteiger partial charge on any atom is 0.409 e. The lowest BCUT2D eigenvalue weighted by atomic mass is 10.1. The van der Waals surface area contributed by atoms with Crippen molar-refractivity contribution in [3.8, 4) is 0 Å². The van der Waals surface area contributed by atoms with Crippen LogP contribution in [0, 0.1) is 0 Å². The number of benzene rings is 2. The van der Waals surface area contributed by atoms with Crippen molar-refractivity contribution in [1.82, 2.24) is 10.3 Å². The SMILES string of the molecule is CC1=CC(NC(=O)O[C@H](C)c2ccccc2)N(c2ccc(Br)cc2)N1C. The fourth-order valence-corrected chi connectivity index (χ4v) is 3.17. The van der Waals surface area contributed by atoms with Gasteiger partial charge in [0, 0.05) is 17.2 Å². The van der Waals surface area contributed by atoms with Crippen LogP contribution in [0.2, 0.25) is 0 Å². The second-order valence-corrected chi connectivity index (χ2v) is 7.12. The van der Waals surface area contributed by atoms with Crippen LogP contribution in [0.1, 0.15) is 25.5 Å². The van der Waals surface area contributed by atoms with E-state index in [4.69, 9.17) is 4.74 Å². The third kappa shape index (κ3) is 4.02. The minimum atomic E-state index is -0.451. The zero-order valence-electron chi connectivity index (χ0n) is 15.0. The van der Waals surface area contributed by atoms with Gasteiger partial charge in [-0.25, -0.2) is 4.79 Å². The van der Waals surface area contributed by atoms with Gasteiger partial charge in [0.1, 0.15) is 12.3 Å². The van der Waals surface area contributed by atoms with E-state index in [0.717, 1.165) is 21.4 Å². The molecule has 2 atom stereocenters. The summed E-state index contributed by atoms with van der Waals surface area (Å²) in [6.07, 6.45) is 0.919. The van der Waals surface area contributed by atoms with Crippen molar-refractivity contribution >= 4 is 27.7 Å². The quantitative estimate of drug-likeness (QED) is 0.776. The summed E-state index contributed by atoms with van der Waals surface area (Å²) in [6.45, 7) is 3.87. The first kappa shape index (κ1) is 18.3. The van der Waals surface area contributed by atoms with Crippen LogP contribution in [0.15, 0.2) is 70.8 Å². The van der Waals surface area contributed by atoms with Crippen molar-refractivity contribution in [2.75, 3.05) is 12.1 Å². The molecular weight excluding hydrogens is 394 g/mol. The molecule has 1 unspecified atom stereocenters. The third-order valence-electron chi connectivity index (χ3n) is 4.41. The predicted octanol–water partition coefficient (Wildman–Crippen LogP) is 4.83. The summed E-state index contributed by atoms with van der Waals surface area (Å²) in [4.78, 5) is 12.4. The molecule has 26 heavy (non-hydrogen) atoms. The van der Waals surface area contributed by atoms with Crippen LogP contribution in [-0.4, -0.2) is 24.3 Å². The number of carbonyl (C=O) groups is 1. The Balaban J connectivity index is 1.70. The van der Waals surface area contributed by atoms with E-state index in [0.29, 0.717) is 0 Å². The molecule has 0 fully saturated rings. The second-order valence-electron chi connectivity index (χ2n) is 6.20. The smallest absolute Gasteiger partial charge is 0.409 e. The van der Waals surface area contributed by atoms with Gasteiger partial charge >= 0.3 is 6.09 Å². The lowest BCUT2D eigenvalue weighted by Crippen LogP contribution is -2.49. The fourth-order valence-electron chi connectivity index (χ4n) is 2.90. The number of nitrogens with one attached hydrogen (secondary N) is 1. The van der Waals surface area contributed by atoms with Crippen molar-refractivity contribution in [1.29, 1.82) is 0 Å². The molecule has 6 heteroatoms. The van der Waals surface area contributed by atoms with Crippen molar-refractivity contribution in [2.24, 2.45) is 0 Å². The Kier molecular flexibility index (Phi) is 5.52. The molecule has 1 amide bonds. The normalized spacial score (nSPS) is 17.7. The average Bonchev–Trinajstić information content (AvgIpc) is 2.90. The molecule has 0 saturated carbocycles. The predicted molar refractivity (Wildman–Crippen MR) is 106 cm³/mol. The highest BCUT2D eigenvalue weighted by atomic mass is 79.9. The van der Waals surface area contributed by atoms with Gasteiger partial charge in [-0.1, -0.05) is 46.3 Å². The average molecular weight is 416 g/mol. The summed E-state index contributed by atoms with van der Waals surface area (Å²) in [5, 5.41) is 6.96. The standard InChI is InChI=1S/C20H22BrN3O2/c1-14-13-19(24(23(14)3)18-11-9-17(21)10-12-18)22-20(25)26-15(2)16-7-5-4-6-8-16/h4-13,15,19H,1-3H3,(H,22,25)/t15-,19?/m1/s1. The number of halogens is 1. The van der Waals surface area contributed by atoms with Gasteiger partial charge in [0.15, 0.2) is 0 Å². The molecule has 5 nitrogen and oxygen atoms in total. The Labute approximate surface area is 162 Å². The summed E-state index contributed by atoms with van der Waals surface area (Å²) in [6, 6.07) is 17.6. The Morgan fingerprint density at radius 3 is 2.46 bits per heavy atom. The molecule has 0 aliphatic carbocycles. The van der Waals surface area contributed by atoms with Crippen molar-refractivity contribution < 1.29 is 9.53 Å². The Morgan fingerprint density at radius 2 is 1.81 bits per heavy atom. The first-order valence-electron chi connectivity index (χ1n) is 8.44. The van der Waals surface area contributed by atoms with Gasteiger partial charge in [-0.2, -0.15) is 0 Å². The van der Waals surface area contributed by atoms with E-state index in [1.807, 2.05) is 91.6 Å². The summed E-state index contributed by atoms with van der Waals surface area (Å²) in [5.41, 5.74) is 2.99. The van der Waals surface area contributed by atoms with Gasteiger partial charge in [0.25, 0.3) is 0 Å². The number of alkyl carbamates (subject to hydrolysis) is 1. The number of hydrazine groups is 1. The highest BCUT2D eigenvalue weighted by Gasteiger charge is 2.30. The number of hydrogen-bond donors (Lipinski definition) is 1. The monoisotopic (exact) mass is 415 g/mol. The minimum Gasteiger partial charge on any atom is -0.442 e. The lowest BCUT2D eigenvalue weighted by Gasteiger charge is -2.34. The molecule has 0 saturated heterocycles. The zero-order valence-corrected chi connectivity index (χ0v) is 16.6. The van der Waals surface area contributed by atoms with E-state index in [-0.39, 0.29) is 12.3 Å². The summed E-state index contributed by atoms with van der Waals surface area (Å²) in [7, 11) is 1.97. The largest absolute Gasteiger partial charge is 0.442 e. The molecule has 1 N–H and O–H groups in total. The molecule has 1 heterocycles. The van der Waals surface area contributed by atoms with E-state index in [1.54, 1.807) is 0 Å². The molecule has 1 aliphatic heterocycles. The molecule has 136 valence electrons. The van der Waals surface area contributed by atoms with E-state index >= 15 is 0 Å². The third-order valence-corrected chi connectivity index (χ3v) is 4.93. The summed E-state index contributed by atoms with van der Waals surface area (Å²) in [5.74, 6) is 0. The van der Waals surface area contributed by atoms with Crippen LogP contribution in [-0.2, 0) is 4.74 Å². The van der Waals surface area contributed by atoms with Gasteiger partial charge in [0.2, 0.25) is 0 Å². The summed E-state index contributed by atoms with van der Waals surface area (Å²) >= 11 is 3.45. The number of rotatable bonds is 4. The fraction of sp³-hybridized carbons (Fsp3) is 0.250. The van der Waals surface area contributed by atoms with Gasteiger partial charge in [-0.05, 0) is 49.8 Å². The number of anilines is 1. The maximum atomic E-state index is 12.4. The van der Waals surface area contributed by atoms with Crippen LogP contribution in [0.5, 0.6) is 0 Å². The number of hydrogen-bond acceptors (Lipinski definition) is 4. The number of allylic oxidation sites excluding steroid dienone is 1. The molecule has 1 aliphatic rings. The number of amides is 1. The summed E-state index contributed by atoms with van der Waals surface area (Å²) < 4.78 is 6.55. The van der Waals surface area contributed by atoms with E-state index < -0.39 is 6.09 Å². The molecular formula is C20H22BrN3O2. The zero-order chi connectivity index (χ0) is 18.7. The van der Waals surface area contributed by atoms with E-state index in [9.17, 15) is 4.79 Å². The highest BCUT2D eigenvalue weighted by Crippen LogP contribution is 2.28. The first-order chi connectivity index (χ1) is 12.5. The Bertz CT molecular complexity index is 792. The molecule has 2 aromatic rings. The number of carbonyl (C=O) groups excluding carboxylic acids is 1. The van der Waals surface area contributed by atoms with Crippen LogP contribution >= 0.6 is 15.9 Å². The lowest BCUT2D eigenvalue weighted by molar-refractivity contribution is 0.104. The van der Waals surface area contributed by atoms with Crippen LogP contribution in [0.25, 0.3) is 0 Å². The van der Waals surface area contributed by atoms with Gasteiger partial charge < -0.3 is 4.74 Å². The molecule has 0 radical (unpaired) electrons. The van der Waals surface area contributed by atoms with Gasteiger partial charge in [-0.3, -0.25) is 15.3 Å². The van der Waals surface area contributed by atoms with Crippen molar-refractivity contribution in [3.05, 3.63) is 76.4 Å². The van der Waals surface area contributed by atoms with Gasteiger partial charge in [0.05, 0.1) is 5.69 Å². The topological polar surface area (TPSA) is 44.8 Å². The van der Waals surface area contributed by atoms with Crippen LogP contribution in [0.4, 0.5) is 10.5 Å². The molecule has 3 rings (SSSR count). The Morgan fingerprint density at radius 1 is 1.15 bits per heavy atom. The first-order valence-corrected chi connectivity index (χ1v) is 9.24. The van der Waals surface area contributed by atoms with Gasteiger partial charge in [-0.15, -0.1) is 0 Å². The maximum absolute atomic E-state index is 12.4.